The number of benzene rings is 1. The quantitative estimate of drug-likeness (QED) is 0.761. The zero-order valence-electron chi connectivity index (χ0n) is 8.18. The fourth-order valence-electron chi connectivity index (χ4n) is 1.31. The standard InChI is InChI=1S/C10H11BrClF2N/c1-15(6-10(13)14)9-4-8(12)3-2-7(9)5-11/h2-4,10H,5-6H2,1H3. The monoisotopic (exact) mass is 297 g/mol. The molecule has 0 aliphatic carbocycles. The Kier molecular flexibility index (Phi) is 4.80. The van der Waals surface area contributed by atoms with Crippen LogP contribution in [0.25, 0.3) is 0 Å². The zero-order chi connectivity index (χ0) is 11.4. The summed E-state index contributed by atoms with van der Waals surface area (Å²) in [5, 5.41) is 1.17. The minimum Gasteiger partial charge on any atom is -0.369 e. The summed E-state index contributed by atoms with van der Waals surface area (Å²) in [5.41, 5.74) is 1.68. The van der Waals surface area contributed by atoms with Crippen LogP contribution in [0.1, 0.15) is 5.56 Å². The Morgan fingerprint density at radius 2 is 2.13 bits per heavy atom. The van der Waals surface area contributed by atoms with Crippen molar-refractivity contribution in [1.29, 1.82) is 0 Å². The second-order valence-electron chi connectivity index (χ2n) is 3.18. The van der Waals surface area contributed by atoms with E-state index in [2.05, 4.69) is 15.9 Å². The van der Waals surface area contributed by atoms with E-state index in [4.69, 9.17) is 11.6 Å². The lowest BCUT2D eigenvalue weighted by Gasteiger charge is -2.21. The molecule has 0 bridgehead atoms. The summed E-state index contributed by atoms with van der Waals surface area (Å²) >= 11 is 9.14. The van der Waals surface area contributed by atoms with Crippen LogP contribution in [0.15, 0.2) is 18.2 Å². The van der Waals surface area contributed by atoms with Crippen LogP contribution in [0.2, 0.25) is 5.02 Å². The number of rotatable bonds is 4. The predicted molar refractivity (Wildman–Crippen MR) is 63.4 cm³/mol. The van der Waals surface area contributed by atoms with Crippen molar-refractivity contribution in [3.63, 3.8) is 0 Å². The molecule has 0 amide bonds. The second-order valence-corrected chi connectivity index (χ2v) is 4.18. The normalized spacial score (nSPS) is 10.8. The van der Waals surface area contributed by atoms with Gasteiger partial charge in [0.15, 0.2) is 0 Å². The van der Waals surface area contributed by atoms with E-state index in [9.17, 15) is 8.78 Å². The molecule has 0 aliphatic rings. The van der Waals surface area contributed by atoms with Gasteiger partial charge in [-0.1, -0.05) is 33.6 Å². The third-order valence-electron chi connectivity index (χ3n) is 2.01. The highest BCUT2D eigenvalue weighted by molar-refractivity contribution is 9.08. The second kappa shape index (κ2) is 5.66. The highest BCUT2D eigenvalue weighted by atomic mass is 79.9. The Morgan fingerprint density at radius 3 is 2.67 bits per heavy atom. The van der Waals surface area contributed by atoms with Crippen molar-refractivity contribution in [2.45, 2.75) is 11.8 Å². The first-order chi connectivity index (χ1) is 7.04. The molecule has 0 saturated carbocycles. The van der Waals surface area contributed by atoms with E-state index >= 15 is 0 Å². The van der Waals surface area contributed by atoms with Gasteiger partial charge in [-0.15, -0.1) is 0 Å². The predicted octanol–water partition coefficient (Wildman–Crippen LogP) is 3.94. The molecular formula is C10H11BrClF2N. The number of hydrogen-bond acceptors (Lipinski definition) is 1. The van der Waals surface area contributed by atoms with Crippen molar-refractivity contribution in [3.8, 4) is 0 Å². The molecule has 0 saturated heterocycles. The molecule has 0 fully saturated rings. The lowest BCUT2D eigenvalue weighted by Crippen LogP contribution is -2.24. The van der Waals surface area contributed by atoms with Crippen LogP contribution in [0.3, 0.4) is 0 Å². The highest BCUT2D eigenvalue weighted by Crippen LogP contribution is 2.26. The molecule has 0 N–H and O–H groups in total. The zero-order valence-corrected chi connectivity index (χ0v) is 10.5. The minimum absolute atomic E-state index is 0.291. The lowest BCUT2D eigenvalue weighted by molar-refractivity contribution is 0.156. The Balaban J connectivity index is 2.94. The topological polar surface area (TPSA) is 3.24 Å². The Morgan fingerprint density at radius 1 is 1.47 bits per heavy atom. The van der Waals surface area contributed by atoms with Crippen molar-refractivity contribution in [3.05, 3.63) is 28.8 Å². The van der Waals surface area contributed by atoms with Crippen LogP contribution in [0.4, 0.5) is 14.5 Å². The average molecular weight is 299 g/mol. The Hall–Kier alpha value is -0.350. The largest absolute Gasteiger partial charge is 0.369 e. The fraction of sp³-hybridized carbons (Fsp3) is 0.400. The smallest absolute Gasteiger partial charge is 0.255 e. The van der Waals surface area contributed by atoms with Crippen molar-refractivity contribution >= 4 is 33.2 Å². The summed E-state index contributed by atoms with van der Waals surface area (Å²) in [6, 6.07) is 5.27. The fourth-order valence-corrected chi connectivity index (χ4v) is 1.95. The van der Waals surface area contributed by atoms with Gasteiger partial charge in [-0.25, -0.2) is 8.78 Å². The SMILES string of the molecule is CN(CC(F)F)c1cc(Cl)ccc1CBr. The lowest BCUT2D eigenvalue weighted by atomic mass is 10.2. The van der Waals surface area contributed by atoms with Gasteiger partial charge in [-0.3, -0.25) is 0 Å². The van der Waals surface area contributed by atoms with Crippen LogP contribution in [-0.2, 0) is 5.33 Å². The first-order valence-corrected chi connectivity index (χ1v) is 5.88. The molecule has 0 unspecified atom stereocenters. The summed E-state index contributed by atoms with van der Waals surface area (Å²) in [6.45, 7) is -0.291. The first kappa shape index (κ1) is 12.7. The van der Waals surface area contributed by atoms with Crippen LogP contribution in [0.5, 0.6) is 0 Å². The first-order valence-electron chi connectivity index (χ1n) is 4.38. The number of alkyl halides is 3. The molecular weight excluding hydrogens is 287 g/mol. The molecule has 0 aromatic heterocycles. The van der Waals surface area contributed by atoms with Crippen molar-refractivity contribution in [1.82, 2.24) is 0 Å². The van der Waals surface area contributed by atoms with Crippen molar-refractivity contribution in [2.75, 3.05) is 18.5 Å². The Bertz CT molecular complexity index is 333. The van der Waals surface area contributed by atoms with Crippen molar-refractivity contribution < 1.29 is 8.78 Å². The van der Waals surface area contributed by atoms with Gasteiger partial charge >= 0.3 is 0 Å². The van der Waals surface area contributed by atoms with E-state index in [1.165, 1.54) is 4.90 Å². The van der Waals surface area contributed by atoms with E-state index < -0.39 is 6.43 Å². The van der Waals surface area contributed by atoms with Gasteiger partial charge in [0.25, 0.3) is 6.43 Å². The van der Waals surface area contributed by atoms with Gasteiger partial charge in [0.1, 0.15) is 0 Å². The number of hydrogen-bond donors (Lipinski definition) is 0. The molecule has 0 spiro atoms. The van der Waals surface area contributed by atoms with Crippen molar-refractivity contribution in [2.24, 2.45) is 0 Å². The summed E-state index contributed by atoms with van der Waals surface area (Å²) in [7, 11) is 1.63. The van der Waals surface area contributed by atoms with Crippen LogP contribution in [-0.4, -0.2) is 20.0 Å². The van der Waals surface area contributed by atoms with E-state index in [1.54, 1.807) is 19.2 Å². The molecule has 1 aromatic rings. The molecule has 1 rings (SSSR count). The van der Waals surface area contributed by atoms with Crippen LogP contribution in [0, 0.1) is 0 Å². The van der Waals surface area contributed by atoms with Crippen LogP contribution < -0.4 is 4.90 Å². The van der Waals surface area contributed by atoms with Gasteiger partial charge in [0.2, 0.25) is 0 Å². The molecule has 15 heavy (non-hydrogen) atoms. The summed E-state index contributed by atoms with van der Waals surface area (Å²) in [6.07, 6.45) is -2.35. The third-order valence-corrected chi connectivity index (χ3v) is 2.85. The molecule has 0 atom stereocenters. The summed E-state index contributed by atoms with van der Waals surface area (Å²) in [5.74, 6) is 0. The molecule has 1 aromatic carbocycles. The van der Waals surface area contributed by atoms with E-state index in [1.807, 2.05) is 6.07 Å². The van der Waals surface area contributed by atoms with E-state index in [0.717, 1.165) is 11.3 Å². The van der Waals surface area contributed by atoms with E-state index in [0.29, 0.717) is 10.4 Å². The molecule has 1 nitrogen and oxygen atoms in total. The van der Waals surface area contributed by atoms with Gasteiger partial charge in [-0.2, -0.15) is 0 Å². The maximum atomic E-state index is 12.2. The summed E-state index contributed by atoms with van der Waals surface area (Å²) in [4.78, 5) is 1.51. The van der Waals surface area contributed by atoms with E-state index in [-0.39, 0.29) is 6.54 Å². The summed E-state index contributed by atoms with van der Waals surface area (Å²) < 4.78 is 24.4. The number of nitrogens with zero attached hydrogens (tertiary/aromatic N) is 1. The van der Waals surface area contributed by atoms with Gasteiger partial charge in [-0.05, 0) is 17.7 Å². The van der Waals surface area contributed by atoms with Gasteiger partial charge in [0.05, 0.1) is 6.54 Å². The number of anilines is 1. The maximum Gasteiger partial charge on any atom is 0.255 e. The highest BCUT2D eigenvalue weighted by Gasteiger charge is 2.12. The minimum atomic E-state index is -2.35. The van der Waals surface area contributed by atoms with Gasteiger partial charge < -0.3 is 4.90 Å². The third kappa shape index (κ3) is 3.61. The van der Waals surface area contributed by atoms with Crippen LogP contribution >= 0.6 is 27.5 Å². The molecule has 0 radical (unpaired) electrons. The molecule has 0 heterocycles. The van der Waals surface area contributed by atoms with Gasteiger partial charge in [0, 0.05) is 23.1 Å². The molecule has 5 heteroatoms. The average Bonchev–Trinajstić information content (AvgIpc) is 2.16. The maximum absolute atomic E-state index is 12.2. The molecule has 84 valence electrons. The molecule has 0 aliphatic heterocycles. The Labute approximate surface area is 101 Å². The number of halogens is 4.